The topological polar surface area (TPSA) is 46.6 Å². The van der Waals surface area contributed by atoms with E-state index in [0.717, 1.165) is 5.56 Å². The summed E-state index contributed by atoms with van der Waals surface area (Å²) < 4.78 is 4.93. The molecule has 1 aliphatic rings. The predicted molar refractivity (Wildman–Crippen MR) is 62.4 cm³/mol. The highest BCUT2D eigenvalue weighted by Crippen LogP contribution is 2.24. The van der Waals surface area contributed by atoms with Gasteiger partial charge in [-0.1, -0.05) is 18.2 Å². The molecule has 0 aromatic heterocycles. The van der Waals surface area contributed by atoms with Crippen LogP contribution >= 0.6 is 0 Å². The second kappa shape index (κ2) is 4.57. The molecule has 1 atom stereocenters. The number of nitrogens with zero attached hydrogens (tertiary/aromatic N) is 1. The summed E-state index contributed by atoms with van der Waals surface area (Å²) in [6.07, 6.45) is 0. The fourth-order valence-corrected chi connectivity index (χ4v) is 1.98. The van der Waals surface area contributed by atoms with Gasteiger partial charge in [0.15, 0.2) is 0 Å². The van der Waals surface area contributed by atoms with Crippen LogP contribution in [0.1, 0.15) is 29.8 Å². The molecule has 4 nitrogen and oxygen atoms in total. The maximum absolute atomic E-state index is 12.1. The molecule has 0 bridgehead atoms. The Labute approximate surface area is 100 Å². The van der Waals surface area contributed by atoms with Gasteiger partial charge in [0.25, 0.3) is 5.91 Å². The lowest BCUT2D eigenvalue weighted by molar-refractivity contribution is -0.148. The molecule has 0 radical (unpaired) electrons. The second-order valence-electron chi connectivity index (χ2n) is 4.02. The first kappa shape index (κ1) is 11.6. The number of rotatable bonds is 3. The van der Waals surface area contributed by atoms with E-state index in [1.54, 1.807) is 24.8 Å². The summed E-state index contributed by atoms with van der Waals surface area (Å²) in [4.78, 5) is 25.2. The van der Waals surface area contributed by atoms with Crippen molar-refractivity contribution in [1.29, 1.82) is 0 Å². The van der Waals surface area contributed by atoms with E-state index in [9.17, 15) is 9.59 Å². The van der Waals surface area contributed by atoms with Crippen molar-refractivity contribution >= 4 is 11.9 Å². The van der Waals surface area contributed by atoms with E-state index in [0.29, 0.717) is 18.7 Å². The van der Waals surface area contributed by atoms with Gasteiger partial charge in [0.05, 0.1) is 6.61 Å². The van der Waals surface area contributed by atoms with E-state index in [1.165, 1.54) is 0 Å². The molecule has 1 unspecified atom stereocenters. The molecule has 1 aromatic carbocycles. The number of carbonyl (C=O) groups excluding carboxylic acids is 2. The first-order valence-electron chi connectivity index (χ1n) is 5.70. The lowest BCUT2D eigenvalue weighted by Crippen LogP contribution is -2.40. The van der Waals surface area contributed by atoms with Crippen LogP contribution in [0, 0.1) is 0 Å². The van der Waals surface area contributed by atoms with Crippen LogP contribution in [-0.2, 0) is 16.1 Å². The standard InChI is InChI=1S/C13H15NO3/c1-3-17-13(16)9(2)14-8-10-6-4-5-7-11(10)12(14)15/h4-7,9H,3,8H2,1-2H3. The van der Waals surface area contributed by atoms with Crippen LogP contribution in [0.4, 0.5) is 0 Å². The van der Waals surface area contributed by atoms with Crippen molar-refractivity contribution in [2.24, 2.45) is 0 Å². The molecule has 0 saturated heterocycles. The number of hydrogen-bond acceptors (Lipinski definition) is 3. The molecule has 1 aromatic rings. The lowest BCUT2D eigenvalue weighted by atomic mass is 10.1. The van der Waals surface area contributed by atoms with Crippen LogP contribution in [0.3, 0.4) is 0 Å². The third-order valence-corrected chi connectivity index (χ3v) is 2.94. The molecule has 2 rings (SSSR count). The van der Waals surface area contributed by atoms with E-state index in [-0.39, 0.29) is 11.9 Å². The van der Waals surface area contributed by atoms with E-state index >= 15 is 0 Å². The molecule has 1 heterocycles. The molecule has 4 heteroatoms. The van der Waals surface area contributed by atoms with Crippen molar-refractivity contribution in [3.63, 3.8) is 0 Å². The summed E-state index contributed by atoms with van der Waals surface area (Å²) in [6, 6.07) is 6.88. The van der Waals surface area contributed by atoms with Gasteiger partial charge in [0, 0.05) is 12.1 Å². The molecule has 1 aliphatic heterocycles. The Morgan fingerprint density at radius 2 is 2.18 bits per heavy atom. The van der Waals surface area contributed by atoms with Crippen molar-refractivity contribution in [3.05, 3.63) is 35.4 Å². The number of esters is 1. The quantitative estimate of drug-likeness (QED) is 0.745. The number of carbonyl (C=O) groups is 2. The summed E-state index contributed by atoms with van der Waals surface area (Å²) in [7, 11) is 0. The fraction of sp³-hybridized carbons (Fsp3) is 0.385. The van der Waals surface area contributed by atoms with Crippen LogP contribution in [0.25, 0.3) is 0 Å². The fourth-order valence-electron chi connectivity index (χ4n) is 1.98. The highest BCUT2D eigenvalue weighted by Gasteiger charge is 2.34. The Kier molecular flexibility index (Phi) is 3.13. The highest BCUT2D eigenvalue weighted by atomic mass is 16.5. The van der Waals surface area contributed by atoms with Gasteiger partial charge in [-0.05, 0) is 25.5 Å². The maximum atomic E-state index is 12.1. The van der Waals surface area contributed by atoms with Gasteiger partial charge >= 0.3 is 5.97 Å². The van der Waals surface area contributed by atoms with Crippen molar-refractivity contribution in [3.8, 4) is 0 Å². The summed E-state index contributed by atoms with van der Waals surface area (Å²) in [6.45, 7) is 4.26. The predicted octanol–water partition coefficient (Wildman–Crippen LogP) is 1.59. The summed E-state index contributed by atoms with van der Waals surface area (Å²) in [5, 5.41) is 0. The molecule has 1 amide bonds. The van der Waals surface area contributed by atoms with E-state index in [1.807, 2.05) is 18.2 Å². The zero-order valence-electron chi connectivity index (χ0n) is 9.97. The first-order valence-corrected chi connectivity index (χ1v) is 5.70. The normalized spacial score (nSPS) is 15.6. The molecule has 0 spiro atoms. The Hall–Kier alpha value is -1.84. The average Bonchev–Trinajstić information content (AvgIpc) is 2.67. The third kappa shape index (κ3) is 2.02. The van der Waals surface area contributed by atoms with E-state index in [4.69, 9.17) is 4.74 Å². The number of hydrogen-bond donors (Lipinski definition) is 0. The Bertz CT molecular complexity index is 456. The monoisotopic (exact) mass is 233 g/mol. The van der Waals surface area contributed by atoms with Crippen LogP contribution in [0.5, 0.6) is 0 Å². The molecule has 17 heavy (non-hydrogen) atoms. The van der Waals surface area contributed by atoms with Gasteiger partial charge in [-0.2, -0.15) is 0 Å². The van der Waals surface area contributed by atoms with Crippen LogP contribution in [-0.4, -0.2) is 29.4 Å². The molecular formula is C13H15NO3. The van der Waals surface area contributed by atoms with E-state index in [2.05, 4.69) is 0 Å². The van der Waals surface area contributed by atoms with Crippen molar-refractivity contribution in [2.75, 3.05) is 6.61 Å². The van der Waals surface area contributed by atoms with E-state index < -0.39 is 6.04 Å². The zero-order chi connectivity index (χ0) is 12.4. The Morgan fingerprint density at radius 1 is 1.47 bits per heavy atom. The number of amides is 1. The van der Waals surface area contributed by atoms with Crippen LogP contribution in [0.2, 0.25) is 0 Å². The van der Waals surface area contributed by atoms with Crippen molar-refractivity contribution in [2.45, 2.75) is 26.4 Å². The average molecular weight is 233 g/mol. The minimum Gasteiger partial charge on any atom is -0.464 e. The lowest BCUT2D eigenvalue weighted by Gasteiger charge is -2.22. The van der Waals surface area contributed by atoms with Gasteiger partial charge in [-0.15, -0.1) is 0 Å². The molecule has 0 saturated carbocycles. The minimum absolute atomic E-state index is 0.0962. The second-order valence-corrected chi connectivity index (χ2v) is 4.02. The van der Waals surface area contributed by atoms with Gasteiger partial charge in [0.1, 0.15) is 6.04 Å². The third-order valence-electron chi connectivity index (χ3n) is 2.94. The smallest absolute Gasteiger partial charge is 0.328 e. The summed E-state index contributed by atoms with van der Waals surface area (Å²) >= 11 is 0. The summed E-state index contributed by atoms with van der Waals surface area (Å²) in [5.74, 6) is -0.449. The number of ether oxygens (including phenoxy) is 1. The molecule has 0 fully saturated rings. The Balaban J connectivity index is 2.17. The molecule has 0 N–H and O–H groups in total. The van der Waals surface area contributed by atoms with Crippen molar-refractivity contribution in [1.82, 2.24) is 4.90 Å². The van der Waals surface area contributed by atoms with Crippen LogP contribution < -0.4 is 0 Å². The first-order chi connectivity index (χ1) is 8.15. The van der Waals surface area contributed by atoms with Gasteiger partial charge in [0.2, 0.25) is 0 Å². The molecule has 0 aliphatic carbocycles. The SMILES string of the molecule is CCOC(=O)C(C)N1Cc2ccccc2C1=O. The molecular weight excluding hydrogens is 218 g/mol. The molecule has 90 valence electrons. The zero-order valence-corrected chi connectivity index (χ0v) is 9.97. The highest BCUT2D eigenvalue weighted by molar-refractivity contribution is 6.00. The van der Waals surface area contributed by atoms with Crippen LogP contribution in [0.15, 0.2) is 24.3 Å². The van der Waals surface area contributed by atoms with Crippen molar-refractivity contribution < 1.29 is 14.3 Å². The number of benzene rings is 1. The van der Waals surface area contributed by atoms with Gasteiger partial charge in [-0.3, -0.25) is 4.79 Å². The largest absolute Gasteiger partial charge is 0.464 e. The number of fused-ring (bicyclic) bond motifs is 1. The maximum Gasteiger partial charge on any atom is 0.328 e. The van der Waals surface area contributed by atoms with Gasteiger partial charge < -0.3 is 9.64 Å². The minimum atomic E-state index is -0.533. The van der Waals surface area contributed by atoms with Gasteiger partial charge in [-0.25, -0.2) is 4.79 Å². The summed E-state index contributed by atoms with van der Waals surface area (Å²) in [5.41, 5.74) is 1.65. The Morgan fingerprint density at radius 3 is 2.82 bits per heavy atom.